The van der Waals surface area contributed by atoms with Crippen molar-refractivity contribution in [3.05, 3.63) is 50.9 Å². The van der Waals surface area contributed by atoms with Gasteiger partial charge in [-0.1, -0.05) is 23.7 Å². The fourth-order valence-electron chi connectivity index (χ4n) is 3.62. The number of nitrogens with one attached hydrogen (secondary N) is 2. The summed E-state index contributed by atoms with van der Waals surface area (Å²) in [5, 5.41) is 11.0. The van der Waals surface area contributed by atoms with Crippen molar-refractivity contribution < 1.29 is 0 Å². The Bertz CT molecular complexity index is 787. The lowest BCUT2D eigenvalue weighted by molar-refractivity contribution is 0.179. The number of likely N-dealkylation sites (tertiary alicyclic amines) is 1. The van der Waals surface area contributed by atoms with Gasteiger partial charge >= 0.3 is 0 Å². The number of guanidine groups is 1. The van der Waals surface area contributed by atoms with E-state index >= 15 is 0 Å². The Morgan fingerprint density at radius 3 is 2.60 bits per heavy atom. The SMILES string of the molecule is CCNC(=NCC1CCN(Cc2csc(C)n2)CC1)NC(C)c1ccc(Cl)cc1.I. The second-order valence-corrected chi connectivity index (χ2v) is 9.21. The first-order chi connectivity index (χ1) is 14.0. The van der Waals surface area contributed by atoms with Gasteiger partial charge in [-0.25, -0.2) is 4.98 Å². The molecule has 0 radical (unpaired) electrons. The van der Waals surface area contributed by atoms with Crippen LogP contribution in [-0.4, -0.2) is 42.0 Å². The van der Waals surface area contributed by atoms with Gasteiger partial charge in [-0.15, -0.1) is 35.3 Å². The van der Waals surface area contributed by atoms with E-state index in [1.54, 1.807) is 11.3 Å². The molecule has 0 spiro atoms. The van der Waals surface area contributed by atoms with Gasteiger partial charge in [0, 0.05) is 30.0 Å². The van der Waals surface area contributed by atoms with E-state index in [0.717, 1.165) is 48.7 Å². The average Bonchev–Trinajstić information content (AvgIpc) is 3.12. The van der Waals surface area contributed by atoms with Crippen LogP contribution in [-0.2, 0) is 6.54 Å². The van der Waals surface area contributed by atoms with E-state index in [2.05, 4.69) is 58.8 Å². The second kappa shape index (κ2) is 12.8. The van der Waals surface area contributed by atoms with Gasteiger partial charge in [-0.2, -0.15) is 0 Å². The molecule has 0 saturated carbocycles. The molecule has 0 amide bonds. The summed E-state index contributed by atoms with van der Waals surface area (Å²) in [6, 6.07) is 8.15. The zero-order chi connectivity index (χ0) is 20.6. The van der Waals surface area contributed by atoms with Crippen molar-refractivity contribution in [2.24, 2.45) is 10.9 Å². The van der Waals surface area contributed by atoms with Crippen molar-refractivity contribution in [2.75, 3.05) is 26.2 Å². The van der Waals surface area contributed by atoms with Gasteiger partial charge in [0.15, 0.2) is 5.96 Å². The quantitative estimate of drug-likeness (QED) is 0.275. The van der Waals surface area contributed by atoms with Gasteiger partial charge in [0.2, 0.25) is 0 Å². The van der Waals surface area contributed by atoms with Crippen LogP contribution in [0.1, 0.15) is 49.0 Å². The molecule has 1 saturated heterocycles. The third-order valence-corrected chi connectivity index (χ3v) is 6.41. The van der Waals surface area contributed by atoms with Crippen LogP contribution in [0, 0.1) is 12.8 Å². The summed E-state index contributed by atoms with van der Waals surface area (Å²) in [6.07, 6.45) is 2.39. The van der Waals surface area contributed by atoms with Crippen LogP contribution < -0.4 is 10.6 Å². The first-order valence-corrected chi connectivity index (χ1v) is 11.7. The highest BCUT2D eigenvalue weighted by Crippen LogP contribution is 2.20. The molecule has 0 aliphatic carbocycles. The summed E-state index contributed by atoms with van der Waals surface area (Å²) in [5.74, 6) is 1.53. The number of hydrogen-bond donors (Lipinski definition) is 2. The van der Waals surface area contributed by atoms with E-state index in [-0.39, 0.29) is 30.0 Å². The molecule has 2 heterocycles. The van der Waals surface area contributed by atoms with Crippen molar-refractivity contribution in [2.45, 2.75) is 46.2 Å². The van der Waals surface area contributed by atoms with Crippen LogP contribution in [0.25, 0.3) is 0 Å². The monoisotopic (exact) mass is 561 g/mol. The largest absolute Gasteiger partial charge is 0.357 e. The molecule has 8 heteroatoms. The zero-order valence-electron chi connectivity index (χ0n) is 18.0. The molecule has 5 nitrogen and oxygen atoms in total. The fourth-order valence-corrected chi connectivity index (χ4v) is 4.35. The lowest BCUT2D eigenvalue weighted by Crippen LogP contribution is -2.39. The number of aromatic nitrogens is 1. The van der Waals surface area contributed by atoms with Crippen LogP contribution in [0.3, 0.4) is 0 Å². The highest BCUT2D eigenvalue weighted by atomic mass is 127. The molecule has 3 rings (SSSR count). The summed E-state index contributed by atoms with van der Waals surface area (Å²) in [5.41, 5.74) is 2.41. The van der Waals surface area contributed by atoms with Crippen LogP contribution >= 0.6 is 46.9 Å². The lowest BCUT2D eigenvalue weighted by Gasteiger charge is -2.31. The predicted octanol–water partition coefficient (Wildman–Crippen LogP) is 5.25. The van der Waals surface area contributed by atoms with Crippen molar-refractivity contribution in [3.8, 4) is 0 Å². The van der Waals surface area contributed by atoms with Crippen LogP contribution in [0.5, 0.6) is 0 Å². The van der Waals surface area contributed by atoms with E-state index in [1.807, 2.05) is 12.1 Å². The summed E-state index contributed by atoms with van der Waals surface area (Å²) < 4.78 is 0. The Hall–Kier alpha value is -0.900. The number of aryl methyl sites for hydroxylation is 1. The molecule has 1 aliphatic rings. The topological polar surface area (TPSA) is 52.6 Å². The standard InChI is InChI=1S/C22H32ClN5S.HI/c1-4-24-22(26-16(2)19-5-7-20(23)8-6-19)25-13-18-9-11-28(12-10-18)14-21-15-29-17(3)27-21;/h5-8,15-16,18H,4,9-14H2,1-3H3,(H2,24,25,26);1H. The summed E-state index contributed by atoms with van der Waals surface area (Å²) >= 11 is 7.74. The van der Waals surface area contributed by atoms with E-state index in [4.69, 9.17) is 16.6 Å². The van der Waals surface area contributed by atoms with E-state index in [0.29, 0.717) is 5.92 Å². The van der Waals surface area contributed by atoms with Crippen LogP contribution in [0.2, 0.25) is 5.02 Å². The summed E-state index contributed by atoms with van der Waals surface area (Å²) in [4.78, 5) is 12.0. The number of benzene rings is 1. The minimum absolute atomic E-state index is 0. The predicted molar refractivity (Wildman–Crippen MR) is 139 cm³/mol. The molecular weight excluding hydrogens is 529 g/mol. The molecule has 1 unspecified atom stereocenters. The molecule has 1 aliphatic heterocycles. The maximum absolute atomic E-state index is 6.00. The normalized spacial score (nSPS) is 16.7. The van der Waals surface area contributed by atoms with Crippen molar-refractivity contribution in [3.63, 3.8) is 0 Å². The molecule has 2 aromatic rings. The van der Waals surface area contributed by atoms with Gasteiger partial charge in [-0.3, -0.25) is 9.89 Å². The van der Waals surface area contributed by atoms with Crippen LogP contribution in [0.15, 0.2) is 34.6 Å². The highest BCUT2D eigenvalue weighted by Gasteiger charge is 2.20. The van der Waals surface area contributed by atoms with Gasteiger partial charge in [0.05, 0.1) is 16.7 Å². The van der Waals surface area contributed by atoms with Crippen molar-refractivity contribution >= 4 is 52.9 Å². The lowest BCUT2D eigenvalue weighted by atomic mass is 9.97. The average molecular weight is 562 g/mol. The third kappa shape index (κ3) is 7.98. The Balaban J connectivity index is 0.00000320. The Labute approximate surface area is 206 Å². The number of thiazole rings is 1. The van der Waals surface area contributed by atoms with Gasteiger partial charge in [0.1, 0.15) is 0 Å². The second-order valence-electron chi connectivity index (χ2n) is 7.71. The van der Waals surface area contributed by atoms with E-state index < -0.39 is 0 Å². The molecule has 1 atom stereocenters. The van der Waals surface area contributed by atoms with Gasteiger partial charge < -0.3 is 10.6 Å². The minimum atomic E-state index is 0. The van der Waals surface area contributed by atoms with E-state index in [1.165, 1.54) is 24.1 Å². The molecule has 1 fully saturated rings. The minimum Gasteiger partial charge on any atom is -0.357 e. The highest BCUT2D eigenvalue weighted by molar-refractivity contribution is 14.0. The summed E-state index contributed by atoms with van der Waals surface area (Å²) in [7, 11) is 0. The number of aliphatic imine (C=N–C) groups is 1. The molecule has 166 valence electrons. The third-order valence-electron chi connectivity index (χ3n) is 5.33. The maximum atomic E-state index is 6.00. The number of rotatable bonds is 7. The van der Waals surface area contributed by atoms with Crippen molar-refractivity contribution in [1.29, 1.82) is 0 Å². The zero-order valence-corrected chi connectivity index (χ0v) is 21.9. The Morgan fingerprint density at radius 2 is 2.00 bits per heavy atom. The summed E-state index contributed by atoms with van der Waals surface area (Å²) in [6.45, 7) is 11.3. The number of hydrogen-bond acceptors (Lipinski definition) is 4. The Kier molecular flexibility index (Phi) is 10.8. The molecule has 1 aromatic heterocycles. The molecule has 1 aromatic carbocycles. The number of halogens is 2. The number of nitrogens with zero attached hydrogens (tertiary/aromatic N) is 3. The molecular formula is C22H33ClIN5S. The Morgan fingerprint density at radius 1 is 1.30 bits per heavy atom. The van der Waals surface area contributed by atoms with Gasteiger partial charge in [0.25, 0.3) is 0 Å². The number of piperidine rings is 1. The molecule has 30 heavy (non-hydrogen) atoms. The maximum Gasteiger partial charge on any atom is 0.191 e. The fraction of sp³-hybridized carbons (Fsp3) is 0.545. The molecule has 0 bridgehead atoms. The van der Waals surface area contributed by atoms with Crippen molar-refractivity contribution in [1.82, 2.24) is 20.5 Å². The first kappa shape index (κ1) is 25.4. The smallest absolute Gasteiger partial charge is 0.191 e. The van der Waals surface area contributed by atoms with Gasteiger partial charge in [-0.05, 0) is 70.3 Å². The van der Waals surface area contributed by atoms with E-state index in [9.17, 15) is 0 Å². The van der Waals surface area contributed by atoms with Crippen LogP contribution in [0.4, 0.5) is 0 Å². The first-order valence-electron chi connectivity index (χ1n) is 10.5. The molecule has 2 N–H and O–H groups in total.